The molecule has 4 nitrogen and oxygen atoms in total. The van der Waals surface area contributed by atoms with Crippen molar-refractivity contribution in [1.82, 2.24) is 10.3 Å². The quantitative estimate of drug-likeness (QED) is 0.857. The van der Waals surface area contributed by atoms with Gasteiger partial charge in [0.2, 0.25) is 0 Å². The fourth-order valence-corrected chi connectivity index (χ4v) is 1.66. The number of carbonyl (C=O) groups is 1. The summed E-state index contributed by atoms with van der Waals surface area (Å²) in [5.41, 5.74) is 0. The second-order valence-corrected chi connectivity index (χ2v) is 3.83. The molecule has 1 aliphatic rings. The van der Waals surface area contributed by atoms with Crippen LogP contribution >= 0.6 is 12.4 Å². The molecule has 2 heterocycles. The van der Waals surface area contributed by atoms with Crippen molar-refractivity contribution in [3.63, 3.8) is 0 Å². The second-order valence-electron chi connectivity index (χ2n) is 3.83. The van der Waals surface area contributed by atoms with Crippen molar-refractivity contribution >= 4 is 18.4 Å². The summed E-state index contributed by atoms with van der Waals surface area (Å²) < 4.78 is 4.82. The second kappa shape index (κ2) is 11.0. The molecule has 0 bridgehead atoms. The summed E-state index contributed by atoms with van der Waals surface area (Å²) >= 11 is 0. The van der Waals surface area contributed by atoms with Gasteiger partial charge < -0.3 is 10.1 Å². The number of halogens is 1. The Bertz CT molecular complexity index is 276. The van der Waals surface area contributed by atoms with Crippen LogP contribution in [0.1, 0.15) is 26.2 Å². The molecule has 1 aromatic heterocycles. The molecule has 0 aromatic carbocycles. The number of nitrogens with one attached hydrogen (secondary N) is 1. The van der Waals surface area contributed by atoms with Gasteiger partial charge in [-0.3, -0.25) is 9.78 Å². The van der Waals surface area contributed by atoms with Crippen molar-refractivity contribution < 1.29 is 9.53 Å². The summed E-state index contributed by atoms with van der Waals surface area (Å²) in [6.07, 6.45) is 6.33. The zero-order valence-corrected chi connectivity index (χ0v) is 11.5. The topological polar surface area (TPSA) is 51.2 Å². The molecule has 1 atom stereocenters. The summed E-state index contributed by atoms with van der Waals surface area (Å²) in [7, 11) is 0. The largest absolute Gasteiger partial charge is 0.466 e. The Kier molecular flexibility index (Phi) is 10.3. The van der Waals surface area contributed by atoms with Crippen LogP contribution in [0, 0.1) is 0 Å². The fraction of sp³-hybridized carbons (Fsp3) is 0.538. The van der Waals surface area contributed by atoms with Crippen LogP contribution in [0.3, 0.4) is 0 Å². The first-order valence-electron chi connectivity index (χ1n) is 6.07. The Morgan fingerprint density at radius 1 is 1.39 bits per heavy atom. The van der Waals surface area contributed by atoms with E-state index in [4.69, 9.17) is 4.74 Å². The van der Waals surface area contributed by atoms with Crippen LogP contribution in [-0.2, 0) is 9.53 Å². The van der Waals surface area contributed by atoms with Gasteiger partial charge in [0, 0.05) is 18.4 Å². The number of aromatic nitrogens is 1. The summed E-state index contributed by atoms with van der Waals surface area (Å²) in [6, 6.07) is 6.08. The standard InChI is InChI=1S/C8H15NO2.C5H5N.ClH/c1-2-11-8(10)6-7-4-3-5-9-7;1-2-4-6-5-3-1;/h7,9H,2-6H2,1H3;1-5H;1H/t7-;;/m1../s1. The van der Waals surface area contributed by atoms with E-state index < -0.39 is 0 Å². The van der Waals surface area contributed by atoms with Crippen LogP contribution in [0.5, 0.6) is 0 Å². The number of hydrogen-bond acceptors (Lipinski definition) is 4. The van der Waals surface area contributed by atoms with E-state index in [1.807, 2.05) is 25.1 Å². The number of rotatable bonds is 3. The number of hydrogen-bond donors (Lipinski definition) is 1. The Morgan fingerprint density at radius 2 is 2.11 bits per heavy atom. The SMILES string of the molecule is CCOC(=O)C[C@H]1CCCN1.Cl.c1ccncc1. The molecule has 0 spiro atoms. The van der Waals surface area contributed by atoms with E-state index in [-0.39, 0.29) is 18.4 Å². The third-order valence-corrected chi connectivity index (χ3v) is 2.45. The van der Waals surface area contributed by atoms with Gasteiger partial charge in [0.15, 0.2) is 0 Å². The van der Waals surface area contributed by atoms with Gasteiger partial charge in [-0.05, 0) is 38.4 Å². The highest BCUT2D eigenvalue weighted by atomic mass is 35.5. The maximum absolute atomic E-state index is 10.9. The molecule has 5 heteroatoms. The molecule has 0 radical (unpaired) electrons. The molecule has 1 saturated heterocycles. The van der Waals surface area contributed by atoms with Crippen molar-refractivity contribution in [2.24, 2.45) is 0 Å². The average molecular weight is 273 g/mol. The van der Waals surface area contributed by atoms with Crippen molar-refractivity contribution in [3.05, 3.63) is 30.6 Å². The minimum Gasteiger partial charge on any atom is -0.466 e. The van der Waals surface area contributed by atoms with Crippen LogP contribution in [0.15, 0.2) is 30.6 Å². The molecule has 1 N–H and O–H groups in total. The summed E-state index contributed by atoms with van der Waals surface area (Å²) in [5.74, 6) is -0.0769. The van der Waals surface area contributed by atoms with Crippen molar-refractivity contribution in [3.8, 4) is 0 Å². The normalized spacial score (nSPS) is 17.1. The zero-order chi connectivity index (χ0) is 12.3. The molecule has 1 aliphatic heterocycles. The van der Waals surface area contributed by atoms with Crippen molar-refractivity contribution in [2.75, 3.05) is 13.2 Å². The lowest BCUT2D eigenvalue weighted by atomic mass is 10.2. The Morgan fingerprint density at radius 3 is 2.50 bits per heavy atom. The molecular formula is C13H21ClN2O2. The van der Waals surface area contributed by atoms with Crippen LogP contribution < -0.4 is 5.32 Å². The number of ether oxygens (including phenoxy) is 1. The monoisotopic (exact) mass is 272 g/mol. The minimum atomic E-state index is -0.0769. The fourth-order valence-electron chi connectivity index (χ4n) is 1.66. The zero-order valence-electron chi connectivity index (χ0n) is 10.7. The van der Waals surface area contributed by atoms with Gasteiger partial charge in [-0.2, -0.15) is 0 Å². The highest BCUT2D eigenvalue weighted by Crippen LogP contribution is 2.08. The first-order valence-corrected chi connectivity index (χ1v) is 6.07. The van der Waals surface area contributed by atoms with E-state index in [1.165, 1.54) is 6.42 Å². The number of pyridine rings is 1. The maximum Gasteiger partial charge on any atom is 0.307 e. The van der Waals surface area contributed by atoms with Gasteiger partial charge in [0.1, 0.15) is 0 Å². The molecule has 1 fully saturated rings. The van der Waals surface area contributed by atoms with Gasteiger partial charge in [-0.1, -0.05) is 6.07 Å². The van der Waals surface area contributed by atoms with Crippen molar-refractivity contribution in [1.29, 1.82) is 0 Å². The molecule has 0 aliphatic carbocycles. The molecule has 0 saturated carbocycles. The number of nitrogens with zero attached hydrogens (tertiary/aromatic N) is 1. The van der Waals surface area contributed by atoms with Crippen LogP contribution in [0.2, 0.25) is 0 Å². The highest BCUT2D eigenvalue weighted by Gasteiger charge is 2.17. The van der Waals surface area contributed by atoms with Gasteiger partial charge in [0.25, 0.3) is 0 Å². The summed E-state index contributed by atoms with van der Waals surface area (Å²) in [6.45, 7) is 3.37. The average Bonchev–Trinajstić information content (AvgIpc) is 2.85. The van der Waals surface area contributed by atoms with E-state index in [1.54, 1.807) is 12.4 Å². The Labute approximate surface area is 115 Å². The first-order chi connectivity index (χ1) is 8.33. The molecule has 0 amide bonds. The Balaban J connectivity index is 0.000000352. The molecule has 1 aromatic rings. The van der Waals surface area contributed by atoms with E-state index >= 15 is 0 Å². The molecule has 0 unspecified atom stereocenters. The predicted molar refractivity (Wildman–Crippen MR) is 73.8 cm³/mol. The van der Waals surface area contributed by atoms with E-state index in [9.17, 15) is 4.79 Å². The molecular weight excluding hydrogens is 252 g/mol. The van der Waals surface area contributed by atoms with E-state index in [2.05, 4.69) is 10.3 Å². The molecule has 2 rings (SSSR count). The third-order valence-electron chi connectivity index (χ3n) is 2.45. The molecule has 102 valence electrons. The number of esters is 1. The maximum atomic E-state index is 10.9. The predicted octanol–water partition coefficient (Wildman–Crippen LogP) is 2.20. The van der Waals surface area contributed by atoms with Gasteiger partial charge in [0.05, 0.1) is 13.0 Å². The van der Waals surface area contributed by atoms with Gasteiger partial charge in [-0.25, -0.2) is 0 Å². The van der Waals surface area contributed by atoms with Gasteiger partial charge >= 0.3 is 5.97 Å². The van der Waals surface area contributed by atoms with Crippen molar-refractivity contribution in [2.45, 2.75) is 32.2 Å². The lowest BCUT2D eigenvalue weighted by Gasteiger charge is -2.07. The van der Waals surface area contributed by atoms with E-state index in [0.717, 1.165) is 13.0 Å². The van der Waals surface area contributed by atoms with Gasteiger partial charge in [-0.15, -0.1) is 12.4 Å². The molecule has 18 heavy (non-hydrogen) atoms. The smallest absolute Gasteiger partial charge is 0.307 e. The first kappa shape index (κ1) is 16.9. The van der Waals surface area contributed by atoms with Crippen LogP contribution in [-0.4, -0.2) is 30.1 Å². The highest BCUT2D eigenvalue weighted by molar-refractivity contribution is 5.85. The lowest BCUT2D eigenvalue weighted by Crippen LogP contribution is -2.25. The third kappa shape index (κ3) is 8.03. The van der Waals surface area contributed by atoms with Crippen LogP contribution in [0.25, 0.3) is 0 Å². The minimum absolute atomic E-state index is 0. The lowest BCUT2D eigenvalue weighted by molar-refractivity contribution is -0.143. The van der Waals surface area contributed by atoms with Crippen LogP contribution in [0.4, 0.5) is 0 Å². The Hall–Kier alpha value is -1.13. The van der Waals surface area contributed by atoms with E-state index in [0.29, 0.717) is 19.1 Å². The summed E-state index contributed by atoms with van der Waals surface area (Å²) in [4.78, 5) is 14.7. The number of carbonyl (C=O) groups excluding carboxylic acids is 1. The summed E-state index contributed by atoms with van der Waals surface area (Å²) in [5, 5.41) is 3.25.